The lowest BCUT2D eigenvalue weighted by Gasteiger charge is -2.12. The fourth-order valence-corrected chi connectivity index (χ4v) is 2.82. The second-order valence-electron chi connectivity index (χ2n) is 4.28. The topological polar surface area (TPSA) is 26.3 Å². The molecule has 0 bridgehead atoms. The quantitative estimate of drug-likeness (QED) is 0.627. The Kier molecular flexibility index (Phi) is 1.37. The van der Waals surface area contributed by atoms with Crippen LogP contribution in [0.25, 0.3) is 0 Å². The lowest BCUT2D eigenvalue weighted by Crippen LogP contribution is -2.13. The van der Waals surface area contributed by atoms with Crippen LogP contribution in [0.4, 0.5) is 0 Å². The van der Waals surface area contributed by atoms with E-state index in [0.717, 1.165) is 0 Å². The van der Waals surface area contributed by atoms with Crippen LogP contribution in [0, 0.1) is 11.8 Å². The Morgan fingerprint density at radius 3 is 2.64 bits per heavy atom. The summed E-state index contributed by atoms with van der Waals surface area (Å²) < 4.78 is 5.10. The Morgan fingerprint density at radius 1 is 1.36 bits per heavy atom. The van der Waals surface area contributed by atoms with Crippen LogP contribution in [0.1, 0.15) is 12.5 Å². The maximum Gasteiger partial charge on any atom is 0.310 e. The Hall–Kier alpha value is -1.31. The number of esters is 1. The molecule has 1 aliphatic carbocycles. The fourth-order valence-electron chi connectivity index (χ4n) is 2.82. The van der Waals surface area contributed by atoms with Gasteiger partial charge in [0, 0.05) is 5.41 Å². The molecule has 0 radical (unpaired) electrons. The molecule has 0 unspecified atom stereocenters. The number of ether oxygens (including phenoxy) is 1. The number of benzene rings is 1. The largest absolute Gasteiger partial charge is 0.464 e. The summed E-state index contributed by atoms with van der Waals surface area (Å²) in [6.45, 7) is 2.71. The number of hydrogen-bond donors (Lipinski definition) is 0. The van der Waals surface area contributed by atoms with E-state index in [0.29, 0.717) is 12.5 Å². The fraction of sp³-hybridized carbons (Fsp3) is 0.417. The van der Waals surface area contributed by atoms with Gasteiger partial charge in [0.1, 0.15) is 6.61 Å². The summed E-state index contributed by atoms with van der Waals surface area (Å²) in [5, 5.41) is 0. The van der Waals surface area contributed by atoms with Crippen LogP contribution < -0.4 is 0 Å². The van der Waals surface area contributed by atoms with Crippen molar-refractivity contribution >= 4 is 5.97 Å². The molecule has 0 amide bonds. The summed E-state index contributed by atoms with van der Waals surface area (Å²) >= 11 is 0. The molecular weight excluding hydrogens is 176 g/mol. The Bertz CT molecular complexity index is 385. The van der Waals surface area contributed by atoms with Gasteiger partial charge in [-0.1, -0.05) is 37.3 Å². The van der Waals surface area contributed by atoms with Crippen LogP contribution in [0.5, 0.6) is 0 Å². The van der Waals surface area contributed by atoms with Crippen molar-refractivity contribution in [1.82, 2.24) is 0 Å². The number of carbonyl (C=O) groups excluding carboxylic acids is 1. The van der Waals surface area contributed by atoms with E-state index in [4.69, 9.17) is 4.74 Å². The van der Waals surface area contributed by atoms with Gasteiger partial charge in [-0.05, 0) is 11.5 Å². The molecule has 3 rings (SSSR count). The normalized spacial score (nSPS) is 39.1. The van der Waals surface area contributed by atoms with E-state index in [1.54, 1.807) is 0 Å². The molecule has 1 saturated heterocycles. The third kappa shape index (κ3) is 0.746. The second kappa shape index (κ2) is 2.38. The molecule has 0 N–H and O–H groups in total. The zero-order valence-electron chi connectivity index (χ0n) is 8.07. The molecule has 72 valence electrons. The van der Waals surface area contributed by atoms with Gasteiger partial charge in [-0.3, -0.25) is 4.79 Å². The summed E-state index contributed by atoms with van der Waals surface area (Å²) in [5.74, 6) is 0.553. The van der Waals surface area contributed by atoms with E-state index in [-0.39, 0.29) is 17.3 Å². The molecule has 1 aliphatic heterocycles. The van der Waals surface area contributed by atoms with Gasteiger partial charge >= 0.3 is 5.97 Å². The lowest BCUT2D eigenvalue weighted by atomic mass is 9.94. The van der Waals surface area contributed by atoms with Crippen LogP contribution in [-0.4, -0.2) is 12.6 Å². The van der Waals surface area contributed by atoms with E-state index in [1.807, 2.05) is 18.2 Å². The first-order chi connectivity index (χ1) is 6.77. The van der Waals surface area contributed by atoms with E-state index in [1.165, 1.54) is 5.56 Å². The van der Waals surface area contributed by atoms with Crippen LogP contribution >= 0.6 is 0 Å². The standard InChI is InChI=1S/C12H12O2/c1-8-10-11(13)14-7-12(8,10)9-5-3-2-4-6-9/h2-6,8,10H,7H2,1H3/t8-,10-,12-/m1/s1. The Balaban J connectivity index is 2.05. The van der Waals surface area contributed by atoms with Crippen molar-refractivity contribution < 1.29 is 9.53 Å². The number of cyclic esters (lactones) is 1. The summed E-state index contributed by atoms with van der Waals surface area (Å²) in [4.78, 5) is 11.4. The summed E-state index contributed by atoms with van der Waals surface area (Å²) in [5.41, 5.74) is 1.27. The lowest BCUT2D eigenvalue weighted by molar-refractivity contribution is -0.141. The number of fused-ring (bicyclic) bond motifs is 1. The molecule has 1 saturated carbocycles. The van der Waals surface area contributed by atoms with Gasteiger partial charge in [0.2, 0.25) is 0 Å². The van der Waals surface area contributed by atoms with Crippen LogP contribution in [0.3, 0.4) is 0 Å². The second-order valence-corrected chi connectivity index (χ2v) is 4.28. The average molecular weight is 188 g/mol. The summed E-state index contributed by atoms with van der Waals surface area (Å²) in [6.07, 6.45) is 0. The number of hydrogen-bond acceptors (Lipinski definition) is 2. The van der Waals surface area contributed by atoms with Crippen molar-refractivity contribution in [2.75, 3.05) is 6.61 Å². The van der Waals surface area contributed by atoms with Gasteiger partial charge in [-0.2, -0.15) is 0 Å². The number of carbonyl (C=O) groups is 1. The van der Waals surface area contributed by atoms with E-state index in [2.05, 4.69) is 19.1 Å². The highest BCUT2D eigenvalue weighted by molar-refractivity contribution is 5.83. The molecular formula is C12H12O2. The monoisotopic (exact) mass is 188 g/mol. The molecule has 1 aromatic rings. The smallest absolute Gasteiger partial charge is 0.310 e. The maximum absolute atomic E-state index is 11.4. The highest BCUT2D eigenvalue weighted by atomic mass is 16.5. The maximum atomic E-state index is 11.4. The first-order valence-corrected chi connectivity index (χ1v) is 4.99. The van der Waals surface area contributed by atoms with Crippen molar-refractivity contribution in [3.8, 4) is 0 Å². The van der Waals surface area contributed by atoms with Crippen LogP contribution in [0.15, 0.2) is 30.3 Å². The van der Waals surface area contributed by atoms with E-state index < -0.39 is 0 Å². The average Bonchev–Trinajstić information content (AvgIpc) is 2.65. The first-order valence-electron chi connectivity index (χ1n) is 4.99. The van der Waals surface area contributed by atoms with Gasteiger partial charge < -0.3 is 4.74 Å². The minimum Gasteiger partial charge on any atom is -0.464 e. The van der Waals surface area contributed by atoms with E-state index in [9.17, 15) is 4.79 Å². The molecule has 14 heavy (non-hydrogen) atoms. The van der Waals surface area contributed by atoms with Crippen LogP contribution in [-0.2, 0) is 14.9 Å². The predicted octanol–water partition coefficient (Wildman–Crippen LogP) is 1.75. The van der Waals surface area contributed by atoms with Crippen molar-refractivity contribution in [2.45, 2.75) is 12.3 Å². The third-order valence-electron chi connectivity index (χ3n) is 3.78. The molecule has 3 atom stereocenters. The highest BCUT2D eigenvalue weighted by Crippen LogP contribution is 2.63. The first kappa shape index (κ1) is 8.04. The molecule has 1 heterocycles. The molecule has 2 fully saturated rings. The summed E-state index contributed by atoms with van der Waals surface area (Å²) in [7, 11) is 0. The zero-order valence-corrected chi connectivity index (χ0v) is 8.07. The molecule has 0 spiro atoms. The molecule has 2 nitrogen and oxygen atoms in total. The Labute approximate surface area is 82.9 Å². The molecule has 2 heteroatoms. The van der Waals surface area contributed by atoms with Gasteiger partial charge in [0.05, 0.1) is 5.92 Å². The molecule has 0 aromatic heterocycles. The van der Waals surface area contributed by atoms with E-state index >= 15 is 0 Å². The van der Waals surface area contributed by atoms with Gasteiger partial charge in [0.15, 0.2) is 0 Å². The SMILES string of the molecule is C[C@@H]1[C@@H]2C(=O)OC[C@]12c1ccccc1. The van der Waals surface area contributed by atoms with Crippen LogP contribution in [0.2, 0.25) is 0 Å². The zero-order chi connectivity index (χ0) is 9.76. The third-order valence-corrected chi connectivity index (χ3v) is 3.78. The van der Waals surface area contributed by atoms with Crippen molar-refractivity contribution in [2.24, 2.45) is 11.8 Å². The highest BCUT2D eigenvalue weighted by Gasteiger charge is 2.71. The van der Waals surface area contributed by atoms with Crippen molar-refractivity contribution in [3.63, 3.8) is 0 Å². The van der Waals surface area contributed by atoms with Crippen molar-refractivity contribution in [3.05, 3.63) is 35.9 Å². The Morgan fingerprint density at radius 2 is 2.07 bits per heavy atom. The predicted molar refractivity (Wildman–Crippen MR) is 51.7 cm³/mol. The minimum absolute atomic E-state index is 0.0122. The number of rotatable bonds is 1. The van der Waals surface area contributed by atoms with Gasteiger partial charge in [-0.15, -0.1) is 0 Å². The molecule has 2 aliphatic rings. The summed E-state index contributed by atoms with van der Waals surface area (Å²) in [6, 6.07) is 10.2. The van der Waals surface area contributed by atoms with Gasteiger partial charge in [0.25, 0.3) is 0 Å². The molecule has 1 aromatic carbocycles. The van der Waals surface area contributed by atoms with Crippen molar-refractivity contribution in [1.29, 1.82) is 0 Å². The minimum atomic E-state index is -0.0126. The van der Waals surface area contributed by atoms with Gasteiger partial charge in [-0.25, -0.2) is 0 Å².